The SMILES string of the molecule is CC(COCCOC(C)C(C)C)OC(=O)C(C)C. The van der Waals surface area contributed by atoms with Crippen molar-refractivity contribution in [1.29, 1.82) is 0 Å². The van der Waals surface area contributed by atoms with Crippen LogP contribution in [-0.2, 0) is 19.0 Å². The zero-order chi connectivity index (χ0) is 14.1. The number of carbonyl (C=O) groups excluding carboxylic acids is 1. The van der Waals surface area contributed by atoms with Gasteiger partial charge >= 0.3 is 5.97 Å². The Kier molecular flexibility index (Phi) is 9.02. The van der Waals surface area contributed by atoms with E-state index < -0.39 is 0 Å². The summed E-state index contributed by atoms with van der Waals surface area (Å²) in [5.41, 5.74) is 0. The second kappa shape index (κ2) is 9.34. The lowest BCUT2D eigenvalue weighted by molar-refractivity contribution is -0.155. The smallest absolute Gasteiger partial charge is 0.308 e. The largest absolute Gasteiger partial charge is 0.460 e. The van der Waals surface area contributed by atoms with Gasteiger partial charge in [-0.2, -0.15) is 0 Å². The zero-order valence-electron chi connectivity index (χ0n) is 12.6. The first-order valence-electron chi connectivity index (χ1n) is 6.74. The Morgan fingerprint density at radius 3 is 2.11 bits per heavy atom. The van der Waals surface area contributed by atoms with Crippen molar-refractivity contribution in [2.24, 2.45) is 11.8 Å². The zero-order valence-corrected chi connectivity index (χ0v) is 12.6. The molecule has 0 saturated carbocycles. The molecular formula is C14H28O4. The third-order valence-electron chi connectivity index (χ3n) is 2.69. The summed E-state index contributed by atoms with van der Waals surface area (Å²) in [6, 6.07) is 0. The summed E-state index contributed by atoms with van der Waals surface area (Å²) in [5, 5.41) is 0. The molecule has 2 unspecified atom stereocenters. The Bertz CT molecular complexity index is 226. The first kappa shape index (κ1) is 17.4. The molecule has 0 saturated heterocycles. The van der Waals surface area contributed by atoms with E-state index in [1.807, 2.05) is 20.8 Å². The van der Waals surface area contributed by atoms with Crippen molar-refractivity contribution in [3.8, 4) is 0 Å². The highest BCUT2D eigenvalue weighted by atomic mass is 16.6. The average molecular weight is 260 g/mol. The minimum Gasteiger partial charge on any atom is -0.460 e. The van der Waals surface area contributed by atoms with Crippen molar-refractivity contribution in [3.63, 3.8) is 0 Å². The van der Waals surface area contributed by atoms with Crippen LogP contribution >= 0.6 is 0 Å². The molecule has 2 atom stereocenters. The van der Waals surface area contributed by atoms with Crippen molar-refractivity contribution in [2.75, 3.05) is 19.8 Å². The van der Waals surface area contributed by atoms with Gasteiger partial charge in [-0.1, -0.05) is 27.7 Å². The van der Waals surface area contributed by atoms with Crippen LogP contribution in [0.3, 0.4) is 0 Å². The maximum Gasteiger partial charge on any atom is 0.308 e. The molecule has 0 radical (unpaired) electrons. The van der Waals surface area contributed by atoms with E-state index in [0.29, 0.717) is 25.7 Å². The lowest BCUT2D eigenvalue weighted by Crippen LogP contribution is -2.24. The van der Waals surface area contributed by atoms with Crippen LogP contribution < -0.4 is 0 Å². The second-order valence-corrected chi connectivity index (χ2v) is 5.30. The summed E-state index contributed by atoms with van der Waals surface area (Å²) in [5.74, 6) is 0.231. The van der Waals surface area contributed by atoms with Crippen molar-refractivity contribution < 1.29 is 19.0 Å². The van der Waals surface area contributed by atoms with Crippen molar-refractivity contribution in [2.45, 2.75) is 53.8 Å². The summed E-state index contributed by atoms with van der Waals surface area (Å²) >= 11 is 0. The normalized spacial score (nSPS) is 14.9. The lowest BCUT2D eigenvalue weighted by atomic mass is 10.1. The maximum atomic E-state index is 11.3. The maximum absolute atomic E-state index is 11.3. The molecule has 4 nitrogen and oxygen atoms in total. The fraction of sp³-hybridized carbons (Fsp3) is 0.929. The Hall–Kier alpha value is -0.610. The van der Waals surface area contributed by atoms with Gasteiger partial charge in [0.25, 0.3) is 0 Å². The van der Waals surface area contributed by atoms with Crippen LogP contribution in [0.25, 0.3) is 0 Å². The highest BCUT2D eigenvalue weighted by Crippen LogP contribution is 2.05. The minimum absolute atomic E-state index is 0.0947. The summed E-state index contributed by atoms with van der Waals surface area (Å²) in [6.45, 7) is 13.3. The molecule has 0 rings (SSSR count). The molecule has 0 amide bonds. The van der Waals surface area contributed by atoms with Crippen molar-refractivity contribution in [3.05, 3.63) is 0 Å². The van der Waals surface area contributed by atoms with E-state index in [1.165, 1.54) is 0 Å². The van der Waals surface area contributed by atoms with E-state index in [9.17, 15) is 4.79 Å². The number of rotatable bonds is 9. The van der Waals surface area contributed by atoms with Gasteiger partial charge in [0, 0.05) is 0 Å². The topological polar surface area (TPSA) is 44.8 Å². The van der Waals surface area contributed by atoms with E-state index in [1.54, 1.807) is 0 Å². The second-order valence-electron chi connectivity index (χ2n) is 5.30. The minimum atomic E-state index is -0.206. The monoisotopic (exact) mass is 260 g/mol. The Balaban J connectivity index is 3.52. The predicted octanol–water partition coefficient (Wildman–Crippen LogP) is 2.65. The number of hydrogen-bond donors (Lipinski definition) is 0. The van der Waals surface area contributed by atoms with Crippen LogP contribution in [0, 0.1) is 11.8 Å². The Morgan fingerprint density at radius 1 is 1.00 bits per heavy atom. The van der Waals surface area contributed by atoms with Crippen LogP contribution in [0.15, 0.2) is 0 Å². The molecular weight excluding hydrogens is 232 g/mol. The third kappa shape index (κ3) is 8.48. The van der Waals surface area contributed by atoms with Gasteiger partial charge in [0.1, 0.15) is 6.10 Å². The van der Waals surface area contributed by atoms with Gasteiger partial charge < -0.3 is 14.2 Å². The van der Waals surface area contributed by atoms with Gasteiger partial charge in [0.2, 0.25) is 0 Å². The van der Waals surface area contributed by atoms with Gasteiger partial charge in [0.05, 0.1) is 31.8 Å². The van der Waals surface area contributed by atoms with Gasteiger partial charge in [-0.3, -0.25) is 4.79 Å². The molecule has 0 aliphatic carbocycles. The summed E-state index contributed by atoms with van der Waals surface area (Å²) < 4.78 is 16.1. The lowest BCUT2D eigenvalue weighted by Gasteiger charge is -2.18. The molecule has 0 spiro atoms. The van der Waals surface area contributed by atoms with E-state index in [0.717, 1.165) is 0 Å². The molecule has 18 heavy (non-hydrogen) atoms. The molecule has 0 bridgehead atoms. The molecule has 0 aromatic rings. The first-order valence-corrected chi connectivity index (χ1v) is 6.74. The summed E-state index contributed by atoms with van der Waals surface area (Å²) in [4.78, 5) is 11.3. The molecule has 0 N–H and O–H groups in total. The van der Waals surface area contributed by atoms with Gasteiger partial charge in [-0.05, 0) is 19.8 Å². The summed E-state index contributed by atoms with van der Waals surface area (Å²) in [6.07, 6.45) is 0.0345. The standard InChI is InChI=1S/C14H28O4/c1-10(2)13(6)17-8-7-16-9-12(5)18-14(15)11(3)4/h10-13H,7-9H2,1-6H3. The number of esters is 1. The highest BCUT2D eigenvalue weighted by molar-refractivity contribution is 5.71. The fourth-order valence-corrected chi connectivity index (χ4v) is 1.10. The number of hydrogen-bond acceptors (Lipinski definition) is 4. The molecule has 0 aliphatic rings. The first-order chi connectivity index (χ1) is 8.34. The van der Waals surface area contributed by atoms with E-state index >= 15 is 0 Å². The molecule has 0 aliphatic heterocycles. The van der Waals surface area contributed by atoms with Gasteiger partial charge in [-0.25, -0.2) is 0 Å². The van der Waals surface area contributed by atoms with Crippen LogP contribution in [0.2, 0.25) is 0 Å². The Morgan fingerprint density at radius 2 is 1.61 bits per heavy atom. The fourth-order valence-electron chi connectivity index (χ4n) is 1.10. The van der Waals surface area contributed by atoms with Gasteiger partial charge in [-0.15, -0.1) is 0 Å². The molecule has 0 fully saturated rings. The quantitative estimate of drug-likeness (QED) is 0.472. The molecule has 0 aromatic carbocycles. The Labute approximate surface area is 111 Å². The predicted molar refractivity (Wildman–Crippen MR) is 71.5 cm³/mol. The third-order valence-corrected chi connectivity index (χ3v) is 2.69. The molecule has 0 aromatic heterocycles. The molecule has 108 valence electrons. The highest BCUT2D eigenvalue weighted by Gasteiger charge is 2.13. The number of ether oxygens (including phenoxy) is 3. The number of carbonyl (C=O) groups is 1. The molecule has 0 heterocycles. The summed E-state index contributed by atoms with van der Waals surface area (Å²) in [7, 11) is 0. The van der Waals surface area contributed by atoms with Crippen LogP contribution in [0.1, 0.15) is 41.5 Å². The van der Waals surface area contributed by atoms with E-state index in [4.69, 9.17) is 14.2 Å². The average Bonchev–Trinajstić information content (AvgIpc) is 2.27. The van der Waals surface area contributed by atoms with Crippen LogP contribution in [0.5, 0.6) is 0 Å². The van der Waals surface area contributed by atoms with E-state index in [2.05, 4.69) is 20.8 Å². The van der Waals surface area contributed by atoms with Crippen LogP contribution in [-0.4, -0.2) is 38.0 Å². The van der Waals surface area contributed by atoms with Crippen molar-refractivity contribution in [1.82, 2.24) is 0 Å². The van der Waals surface area contributed by atoms with Crippen molar-refractivity contribution >= 4 is 5.97 Å². The van der Waals surface area contributed by atoms with E-state index in [-0.39, 0.29) is 24.1 Å². The molecule has 4 heteroatoms. The van der Waals surface area contributed by atoms with Gasteiger partial charge in [0.15, 0.2) is 0 Å². The van der Waals surface area contributed by atoms with Crippen LogP contribution in [0.4, 0.5) is 0 Å².